The van der Waals surface area contributed by atoms with Gasteiger partial charge in [-0.25, -0.2) is 4.79 Å². The number of rotatable bonds is 7. The Balaban J connectivity index is 1.58. The normalized spacial score (nSPS) is 16.7. The Morgan fingerprint density at radius 2 is 2.04 bits per heavy atom. The molecule has 1 heterocycles. The maximum Gasteiger partial charge on any atom is 0.319 e. The van der Waals surface area contributed by atoms with Crippen molar-refractivity contribution in [2.75, 3.05) is 38.7 Å². The van der Waals surface area contributed by atoms with E-state index in [0.29, 0.717) is 24.8 Å². The molecule has 1 aliphatic rings. The average Bonchev–Trinajstić information content (AvgIpc) is 3.07. The first kappa shape index (κ1) is 17.1. The molecule has 1 atom stereocenters. The summed E-state index contributed by atoms with van der Waals surface area (Å²) >= 11 is 0. The van der Waals surface area contributed by atoms with Crippen LogP contribution < -0.4 is 20.7 Å². The first-order chi connectivity index (χ1) is 11.2. The smallest absolute Gasteiger partial charge is 0.319 e. The number of ether oxygens (including phenoxy) is 2. The lowest BCUT2D eigenvalue weighted by atomic mass is 10.1. The van der Waals surface area contributed by atoms with E-state index in [-0.39, 0.29) is 24.9 Å². The van der Waals surface area contributed by atoms with Crippen LogP contribution in [0.4, 0.5) is 10.5 Å². The number of carbonyl (C=O) groups is 2. The van der Waals surface area contributed by atoms with Gasteiger partial charge in [0, 0.05) is 37.7 Å². The Hall–Kier alpha value is -2.28. The Kier molecular flexibility index (Phi) is 6.68. The highest BCUT2D eigenvalue weighted by atomic mass is 16.5. The molecule has 1 aromatic carbocycles. The van der Waals surface area contributed by atoms with E-state index in [1.807, 2.05) is 0 Å². The van der Waals surface area contributed by atoms with E-state index in [9.17, 15) is 9.59 Å². The fourth-order valence-corrected chi connectivity index (χ4v) is 2.23. The second-order valence-electron chi connectivity index (χ2n) is 5.39. The summed E-state index contributed by atoms with van der Waals surface area (Å²) in [6, 6.07) is 6.67. The predicted molar refractivity (Wildman–Crippen MR) is 86.6 cm³/mol. The number of carbonyl (C=O) groups excluding carboxylic acids is 2. The lowest BCUT2D eigenvalue weighted by Crippen LogP contribution is -2.35. The third-order valence-electron chi connectivity index (χ3n) is 3.60. The Morgan fingerprint density at radius 3 is 2.70 bits per heavy atom. The van der Waals surface area contributed by atoms with Crippen LogP contribution >= 0.6 is 0 Å². The molecule has 0 spiro atoms. The molecule has 23 heavy (non-hydrogen) atoms. The van der Waals surface area contributed by atoms with Gasteiger partial charge >= 0.3 is 6.03 Å². The fraction of sp³-hybridized carbons (Fsp3) is 0.500. The van der Waals surface area contributed by atoms with E-state index >= 15 is 0 Å². The van der Waals surface area contributed by atoms with Gasteiger partial charge in [0.05, 0.1) is 13.7 Å². The minimum absolute atomic E-state index is 0.0679. The van der Waals surface area contributed by atoms with Gasteiger partial charge in [-0.05, 0) is 30.7 Å². The van der Waals surface area contributed by atoms with Crippen molar-refractivity contribution in [1.29, 1.82) is 0 Å². The Morgan fingerprint density at radius 1 is 1.26 bits per heavy atom. The first-order valence-corrected chi connectivity index (χ1v) is 7.70. The Bertz CT molecular complexity index is 513. The number of benzene rings is 1. The number of methoxy groups -OCH3 is 1. The summed E-state index contributed by atoms with van der Waals surface area (Å²) in [7, 11) is 1.58. The largest absolute Gasteiger partial charge is 0.497 e. The molecular weight excluding hydrogens is 298 g/mol. The lowest BCUT2D eigenvalue weighted by Gasteiger charge is -2.10. The standard InChI is InChI=1S/C16H23N3O4/c1-22-14-4-2-13(3-5-14)19-16(21)17-8-6-15(20)18-10-12-7-9-23-11-12/h2-5,12H,6-11H2,1H3,(H,18,20)(H2,17,19,21)/t12-/m0/s1. The summed E-state index contributed by atoms with van der Waals surface area (Å²) in [5, 5.41) is 8.20. The summed E-state index contributed by atoms with van der Waals surface area (Å²) in [5.74, 6) is 1.06. The van der Waals surface area contributed by atoms with Crippen LogP contribution in [-0.2, 0) is 9.53 Å². The second-order valence-corrected chi connectivity index (χ2v) is 5.39. The van der Waals surface area contributed by atoms with Gasteiger partial charge in [0.1, 0.15) is 5.75 Å². The van der Waals surface area contributed by atoms with Crippen LogP contribution in [0, 0.1) is 5.92 Å². The number of hydrogen-bond donors (Lipinski definition) is 3. The molecule has 3 amide bonds. The predicted octanol–water partition coefficient (Wildman–Crippen LogP) is 1.36. The van der Waals surface area contributed by atoms with Gasteiger partial charge in [-0.3, -0.25) is 4.79 Å². The monoisotopic (exact) mass is 321 g/mol. The van der Waals surface area contributed by atoms with Crippen molar-refractivity contribution in [3.63, 3.8) is 0 Å². The summed E-state index contributed by atoms with van der Waals surface area (Å²) in [4.78, 5) is 23.4. The van der Waals surface area contributed by atoms with Gasteiger partial charge in [0.2, 0.25) is 5.91 Å². The zero-order chi connectivity index (χ0) is 16.5. The molecule has 126 valence electrons. The molecule has 0 saturated carbocycles. The first-order valence-electron chi connectivity index (χ1n) is 7.70. The minimum atomic E-state index is -0.341. The van der Waals surface area contributed by atoms with Gasteiger partial charge < -0.3 is 25.4 Å². The zero-order valence-corrected chi connectivity index (χ0v) is 13.3. The third kappa shape index (κ3) is 6.15. The van der Waals surface area contributed by atoms with Crippen molar-refractivity contribution < 1.29 is 19.1 Å². The van der Waals surface area contributed by atoms with Crippen LogP contribution in [0.25, 0.3) is 0 Å². The highest BCUT2D eigenvalue weighted by Gasteiger charge is 2.16. The molecule has 0 unspecified atom stereocenters. The molecule has 0 bridgehead atoms. The average molecular weight is 321 g/mol. The van der Waals surface area contributed by atoms with Gasteiger partial charge in [0.25, 0.3) is 0 Å². The molecular formula is C16H23N3O4. The van der Waals surface area contributed by atoms with Crippen LogP contribution in [0.5, 0.6) is 5.75 Å². The number of anilines is 1. The van der Waals surface area contributed by atoms with Crippen molar-refractivity contribution in [2.24, 2.45) is 5.92 Å². The zero-order valence-electron chi connectivity index (χ0n) is 13.3. The molecule has 2 rings (SSSR count). The van der Waals surface area contributed by atoms with Gasteiger partial charge in [-0.15, -0.1) is 0 Å². The van der Waals surface area contributed by atoms with Crippen LogP contribution in [0.3, 0.4) is 0 Å². The highest BCUT2D eigenvalue weighted by molar-refractivity contribution is 5.89. The maximum atomic E-state index is 11.7. The van der Waals surface area contributed by atoms with Gasteiger partial charge in [-0.1, -0.05) is 0 Å². The number of nitrogens with one attached hydrogen (secondary N) is 3. The van der Waals surface area contributed by atoms with E-state index in [1.54, 1.807) is 31.4 Å². The number of hydrogen-bond acceptors (Lipinski definition) is 4. The van der Waals surface area contributed by atoms with Crippen molar-refractivity contribution >= 4 is 17.6 Å². The van der Waals surface area contributed by atoms with Gasteiger partial charge in [-0.2, -0.15) is 0 Å². The molecule has 1 saturated heterocycles. The van der Waals surface area contributed by atoms with E-state index in [0.717, 1.165) is 18.8 Å². The van der Waals surface area contributed by atoms with E-state index in [2.05, 4.69) is 16.0 Å². The number of amides is 3. The summed E-state index contributed by atoms with van der Waals surface area (Å²) in [5.41, 5.74) is 0.661. The van der Waals surface area contributed by atoms with Crippen LogP contribution in [-0.4, -0.2) is 45.4 Å². The van der Waals surface area contributed by atoms with Crippen molar-refractivity contribution in [1.82, 2.24) is 10.6 Å². The molecule has 0 aromatic heterocycles. The minimum Gasteiger partial charge on any atom is -0.497 e. The molecule has 3 N–H and O–H groups in total. The summed E-state index contributed by atoms with van der Waals surface area (Å²) in [6.07, 6.45) is 1.24. The molecule has 1 fully saturated rings. The van der Waals surface area contributed by atoms with Crippen LogP contribution in [0.15, 0.2) is 24.3 Å². The van der Waals surface area contributed by atoms with Crippen LogP contribution in [0.2, 0.25) is 0 Å². The van der Waals surface area contributed by atoms with Crippen molar-refractivity contribution in [2.45, 2.75) is 12.8 Å². The van der Waals surface area contributed by atoms with Crippen LogP contribution in [0.1, 0.15) is 12.8 Å². The molecule has 7 heteroatoms. The van der Waals surface area contributed by atoms with Crippen molar-refractivity contribution in [3.05, 3.63) is 24.3 Å². The van der Waals surface area contributed by atoms with E-state index in [4.69, 9.17) is 9.47 Å². The third-order valence-corrected chi connectivity index (χ3v) is 3.60. The van der Waals surface area contributed by atoms with Crippen molar-refractivity contribution in [3.8, 4) is 5.75 Å². The molecule has 0 radical (unpaired) electrons. The molecule has 7 nitrogen and oxygen atoms in total. The molecule has 1 aliphatic heterocycles. The fourth-order valence-electron chi connectivity index (χ4n) is 2.23. The summed E-state index contributed by atoms with van der Waals surface area (Å²) in [6.45, 7) is 2.41. The Labute approximate surface area is 135 Å². The van der Waals surface area contributed by atoms with Gasteiger partial charge in [0.15, 0.2) is 0 Å². The quantitative estimate of drug-likeness (QED) is 0.707. The van der Waals surface area contributed by atoms with E-state index in [1.165, 1.54) is 0 Å². The topological polar surface area (TPSA) is 88.7 Å². The molecule has 0 aliphatic carbocycles. The lowest BCUT2D eigenvalue weighted by molar-refractivity contribution is -0.121. The maximum absolute atomic E-state index is 11.7. The van der Waals surface area contributed by atoms with E-state index < -0.39 is 0 Å². The highest BCUT2D eigenvalue weighted by Crippen LogP contribution is 2.14. The molecule has 1 aromatic rings. The SMILES string of the molecule is COc1ccc(NC(=O)NCCC(=O)NC[C@@H]2CCOC2)cc1. The second kappa shape index (κ2) is 8.99. The summed E-state index contributed by atoms with van der Waals surface area (Å²) < 4.78 is 10.3. The number of urea groups is 1.